The molecule has 3 rings (SSSR count). The zero-order chi connectivity index (χ0) is 15.7. The van der Waals surface area contributed by atoms with Crippen LogP contribution in [0.25, 0.3) is 16.8 Å². The van der Waals surface area contributed by atoms with Gasteiger partial charge in [0.15, 0.2) is 0 Å². The van der Waals surface area contributed by atoms with Gasteiger partial charge in [-0.05, 0) is 43.2 Å². The third kappa shape index (κ3) is 2.55. The van der Waals surface area contributed by atoms with Crippen LogP contribution in [-0.4, -0.2) is 20.6 Å². The minimum absolute atomic E-state index is 0.0319. The summed E-state index contributed by atoms with van der Waals surface area (Å²) in [6, 6.07) is 5.92. The minimum atomic E-state index is 0.0319. The van der Waals surface area contributed by atoms with Gasteiger partial charge in [-0.15, -0.1) is 0 Å². The summed E-state index contributed by atoms with van der Waals surface area (Å²) < 4.78 is 9.13. The summed E-state index contributed by atoms with van der Waals surface area (Å²) in [6.07, 6.45) is 5.73. The van der Waals surface area contributed by atoms with E-state index in [1.807, 2.05) is 55.0 Å². The fourth-order valence-electron chi connectivity index (χ4n) is 2.55. The van der Waals surface area contributed by atoms with Crippen molar-refractivity contribution < 1.29 is 4.74 Å². The van der Waals surface area contributed by atoms with Crippen LogP contribution < -0.4 is 5.56 Å². The highest BCUT2D eigenvalue weighted by Gasteiger charge is 2.07. The van der Waals surface area contributed by atoms with Gasteiger partial charge in [-0.1, -0.05) is 0 Å². The van der Waals surface area contributed by atoms with Gasteiger partial charge in [0, 0.05) is 31.6 Å². The van der Waals surface area contributed by atoms with Crippen LogP contribution in [0.3, 0.4) is 0 Å². The van der Waals surface area contributed by atoms with Crippen LogP contribution in [0.4, 0.5) is 0 Å². The molecular formula is C17H19N3O2. The molecule has 0 N–H and O–H groups in total. The second-order valence-electron chi connectivity index (χ2n) is 5.36. The van der Waals surface area contributed by atoms with E-state index in [9.17, 15) is 4.79 Å². The van der Waals surface area contributed by atoms with E-state index in [0.29, 0.717) is 13.2 Å². The normalized spacial score (nSPS) is 11.2. The van der Waals surface area contributed by atoms with Gasteiger partial charge in [0.25, 0.3) is 5.56 Å². The van der Waals surface area contributed by atoms with Crippen LogP contribution in [0.5, 0.6) is 0 Å². The Bertz CT molecular complexity index is 851. The van der Waals surface area contributed by atoms with E-state index < -0.39 is 0 Å². The maximum atomic E-state index is 11.8. The van der Waals surface area contributed by atoms with Crippen molar-refractivity contribution in [3.05, 3.63) is 58.4 Å². The second kappa shape index (κ2) is 5.77. The molecule has 0 aliphatic rings. The molecule has 0 spiro atoms. The summed E-state index contributed by atoms with van der Waals surface area (Å²) in [7, 11) is 1.77. The zero-order valence-corrected chi connectivity index (χ0v) is 13.0. The van der Waals surface area contributed by atoms with Gasteiger partial charge >= 0.3 is 0 Å². The molecule has 0 bridgehead atoms. The molecule has 5 nitrogen and oxygen atoms in total. The van der Waals surface area contributed by atoms with Crippen molar-refractivity contribution in [1.29, 1.82) is 0 Å². The number of pyridine rings is 2. The van der Waals surface area contributed by atoms with Gasteiger partial charge in [0.05, 0.1) is 18.5 Å². The Labute approximate surface area is 128 Å². The Morgan fingerprint density at radius 2 is 2.05 bits per heavy atom. The second-order valence-corrected chi connectivity index (χ2v) is 5.36. The maximum Gasteiger partial charge on any atom is 0.253 e. The van der Waals surface area contributed by atoms with Crippen molar-refractivity contribution in [2.75, 3.05) is 6.61 Å². The van der Waals surface area contributed by atoms with Crippen LogP contribution >= 0.6 is 0 Å². The lowest BCUT2D eigenvalue weighted by Crippen LogP contribution is -2.18. The van der Waals surface area contributed by atoms with Gasteiger partial charge in [-0.2, -0.15) is 0 Å². The molecule has 0 saturated carbocycles. The van der Waals surface area contributed by atoms with Crippen LogP contribution in [-0.2, 0) is 18.4 Å². The number of rotatable bonds is 4. The minimum Gasteiger partial charge on any atom is -0.375 e. The van der Waals surface area contributed by atoms with Crippen LogP contribution in [0.1, 0.15) is 18.2 Å². The summed E-state index contributed by atoms with van der Waals surface area (Å²) in [6.45, 7) is 5.02. The molecule has 0 radical (unpaired) electrons. The molecule has 3 heterocycles. The highest BCUT2D eigenvalue weighted by Crippen LogP contribution is 2.20. The molecular weight excluding hydrogens is 278 g/mol. The Hall–Kier alpha value is -2.40. The maximum absolute atomic E-state index is 11.8. The van der Waals surface area contributed by atoms with Gasteiger partial charge in [0.2, 0.25) is 0 Å². The summed E-state index contributed by atoms with van der Waals surface area (Å²) >= 11 is 0. The Morgan fingerprint density at radius 3 is 2.77 bits per heavy atom. The fraction of sp³-hybridized carbons (Fsp3) is 0.294. The van der Waals surface area contributed by atoms with E-state index in [1.54, 1.807) is 11.6 Å². The molecule has 22 heavy (non-hydrogen) atoms. The summed E-state index contributed by atoms with van der Waals surface area (Å²) in [5.41, 5.74) is 4.73. The predicted octanol–water partition coefficient (Wildman–Crippen LogP) is 2.54. The number of nitrogens with zero attached hydrogens (tertiary/aromatic N) is 3. The molecule has 0 amide bonds. The molecule has 114 valence electrons. The largest absolute Gasteiger partial charge is 0.375 e. The summed E-state index contributed by atoms with van der Waals surface area (Å²) in [4.78, 5) is 16.2. The molecule has 0 fully saturated rings. The smallest absolute Gasteiger partial charge is 0.253 e. The lowest BCUT2D eigenvalue weighted by Gasteiger charge is -2.08. The van der Waals surface area contributed by atoms with E-state index in [1.165, 1.54) is 0 Å². The highest BCUT2D eigenvalue weighted by atomic mass is 16.5. The molecule has 0 atom stereocenters. The van der Waals surface area contributed by atoms with Gasteiger partial charge in [-0.3, -0.25) is 4.79 Å². The van der Waals surface area contributed by atoms with Gasteiger partial charge in [0.1, 0.15) is 5.65 Å². The average Bonchev–Trinajstić information content (AvgIpc) is 2.92. The van der Waals surface area contributed by atoms with E-state index in [2.05, 4.69) is 4.98 Å². The molecule has 0 aliphatic carbocycles. The van der Waals surface area contributed by atoms with E-state index >= 15 is 0 Å². The number of ether oxygens (including phenoxy) is 1. The Morgan fingerprint density at radius 1 is 1.23 bits per heavy atom. The predicted molar refractivity (Wildman–Crippen MR) is 85.9 cm³/mol. The molecule has 3 aromatic heterocycles. The molecule has 3 aromatic rings. The first-order valence-corrected chi connectivity index (χ1v) is 7.31. The number of hydrogen-bond acceptors (Lipinski definition) is 3. The average molecular weight is 297 g/mol. The van der Waals surface area contributed by atoms with Crippen LogP contribution in [0.2, 0.25) is 0 Å². The molecule has 0 unspecified atom stereocenters. The third-order valence-corrected chi connectivity index (χ3v) is 3.73. The molecule has 0 aliphatic heterocycles. The number of imidazole rings is 1. The van der Waals surface area contributed by atoms with Gasteiger partial charge < -0.3 is 13.7 Å². The topological polar surface area (TPSA) is 48.5 Å². The third-order valence-electron chi connectivity index (χ3n) is 3.73. The van der Waals surface area contributed by atoms with Crippen molar-refractivity contribution in [2.45, 2.75) is 20.5 Å². The summed E-state index contributed by atoms with van der Waals surface area (Å²) in [5.74, 6) is 0. The quantitative estimate of drug-likeness (QED) is 0.743. The standard InChI is InChI=1S/C17H19N3O2/c1-4-22-11-15-8-18-16-6-5-13(10-20(15)16)14-7-12(2)17(21)19(3)9-14/h5-10H,4,11H2,1-3H3. The summed E-state index contributed by atoms with van der Waals surface area (Å²) in [5, 5.41) is 0. The van der Waals surface area contributed by atoms with Gasteiger partial charge in [-0.25, -0.2) is 4.98 Å². The zero-order valence-electron chi connectivity index (χ0n) is 13.0. The highest BCUT2D eigenvalue weighted by molar-refractivity contribution is 5.64. The molecule has 0 aromatic carbocycles. The van der Waals surface area contributed by atoms with E-state index in [0.717, 1.165) is 28.0 Å². The van der Waals surface area contributed by atoms with Crippen LogP contribution in [0, 0.1) is 6.92 Å². The fourth-order valence-corrected chi connectivity index (χ4v) is 2.55. The van der Waals surface area contributed by atoms with Crippen molar-refractivity contribution in [3.63, 3.8) is 0 Å². The lowest BCUT2D eigenvalue weighted by atomic mass is 10.1. The van der Waals surface area contributed by atoms with E-state index in [4.69, 9.17) is 4.74 Å². The number of hydrogen-bond donors (Lipinski definition) is 0. The number of aromatic nitrogens is 3. The first-order valence-electron chi connectivity index (χ1n) is 7.31. The first kappa shape index (κ1) is 14.5. The monoisotopic (exact) mass is 297 g/mol. The molecule has 0 saturated heterocycles. The Kier molecular flexibility index (Phi) is 3.81. The van der Waals surface area contributed by atoms with Crippen molar-refractivity contribution in [2.24, 2.45) is 7.05 Å². The first-order chi connectivity index (χ1) is 10.6. The SMILES string of the molecule is CCOCc1cnc2ccc(-c3cc(C)c(=O)n(C)c3)cn12. The van der Waals surface area contributed by atoms with Crippen LogP contribution in [0.15, 0.2) is 41.6 Å². The van der Waals surface area contributed by atoms with Crippen molar-refractivity contribution in [1.82, 2.24) is 14.0 Å². The number of aryl methyl sites for hydroxylation is 2. The lowest BCUT2D eigenvalue weighted by molar-refractivity contribution is 0.131. The van der Waals surface area contributed by atoms with E-state index in [-0.39, 0.29) is 5.56 Å². The van der Waals surface area contributed by atoms with Crippen molar-refractivity contribution >= 4 is 5.65 Å². The molecule has 5 heteroatoms. The number of fused-ring (bicyclic) bond motifs is 1. The Balaban J connectivity index is 2.09. The van der Waals surface area contributed by atoms with Crippen molar-refractivity contribution in [3.8, 4) is 11.1 Å².